The van der Waals surface area contributed by atoms with Gasteiger partial charge in [-0.15, -0.1) is 0 Å². The summed E-state index contributed by atoms with van der Waals surface area (Å²) in [6.45, 7) is 4.65. The number of fused-ring (bicyclic) bond motifs is 1. The van der Waals surface area contributed by atoms with Crippen LogP contribution >= 0.6 is 11.8 Å². The number of aromatic nitrogens is 2. The molecule has 0 radical (unpaired) electrons. The Bertz CT molecular complexity index is 1090. The van der Waals surface area contributed by atoms with Gasteiger partial charge in [-0.3, -0.25) is 14.8 Å². The normalized spacial score (nSPS) is 16.0. The lowest BCUT2D eigenvalue weighted by Gasteiger charge is -2.09. The number of Topliss-reactive ketones (excluding diaryl/α,β-unsaturated/α-hetero) is 1. The van der Waals surface area contributed by atoms with E-state index in [9.17, 15) is 4.79 Å². The average molecular weight is 424 g/mol. The molecule has 0 spiro atoms. The van der Waals surface area contributed by atoms with E-state index < -0.39 is 0 Å². The molecule has 30 heavy (non-hydrogen) atoms. The molecule has 6 nitrogen and oxygen atoms in total. The van der Waals surface area contributed by atoms with Crippen LogP contribution in [0.15, 0.2) is 41.5 Å². The molecule has 0 saturated heterocycles. The lowest BCUT2D eigenvalue weighted by molar-refractivity contribution is -0.118. The molecule has 1 atom stereocenters. The highest BCUT2D eigenvalue weighted by atomic mass is 32.2. The molecule has 1 N–H and O–H groups in total. The maximum Gasteiger partial charge on any atom is 0.146 e. The van der Waals surface area contributed by atoms with Crippen molar-refractivity contribution in [3.63, 3.8) is 0 Å². The predicted octanol–water partition coefficient (Wildman–Crippen LogP) is 5.16. The summed E-state index contributed by atoms with van der Waals surface area (Å²) >= 11 is 1.66. The van der Waals surface area contributed by atoms with Crippen LogP contribution in [0.2, 0.25) is 0 Å². The largest absolute Gasteiger partial charge is 0.494 e. The fourth-order valence-electron chi connectivity index (χ4n) is 3.41. The van der Waals surface area contributed by atoms with Gasteiger partial charge in [-0.05, 0) is 30.7 Å². The van der Waals surface area contributed by atoms with Crippen molar-refractivity contribution in [3.05, 3.63) is 47.9 Å². The average Bonchev–Trinajstić information content (AvgIpc) is 3.40. The SMILES string of the molecule is CCC(=O)CC1CN=C(c2cc3cc(Oc4ccc(CC)nc4)cc(OC)c3[nH]2)S1. The van der Waals surface area contributed by atoms with E-state index in [0.717, 1.165) is 33.8 Å². The molecule has 1 unspecified atom stereocenters. The standard InChI is InChI=1S/C23H25N3O3S/c1-4-15-6-7-17(12-24-15)29-18-8-14-9-20(26-22(14)21(11-18)28-3)23-25-13-19(30-23)10-16(27)5-2/h6-9,11-12,19,26H,4-5,10,13H2,1-3H3. The van der Waals surface area contributed by atoms with Crippen molar-refractivity contribution in [1.29, 1.82) is 0 Å². The fourth-order valence-corrected chi connectivity index (χ4v) is 4.53. The quantitative estimate of drug-likeness (QED) is 0.542. The highest BCUT2D eigenvalue weighted by Crippen LogP contribution is 2.36. The Morgan fingerprint density at radius 3 is 2.80 bits per heavy atom. The molecule has 0 aliphatic carbocycles. The van der Waals surface area contributed by atoms with Crippen LogP contribution in [-0.2, 0) is 11.2 Å². The smallest absolute Gasteiger partial charge is 0.146 e. The van der Waals surface area contributed by atoms with E-state index in [4.69, 9.17) is 9.47 Å². The Kier molecular flexibility index (Phi) is 6.08. The van der Waals surface area contributed by atoms with E-state index in [1.165, 1.54) is 0 Å². The summed E-state index contributed by atoms with van der Waals surface area (Å²) in [6.07, 6.45) is 3.78. The van der Waals surface area contributed by atoms with Gasteiger partial charge in [-0.1, -0.05) is 25.6 Å². The van der Waals surface area contributed by atoms with Gasteiger partial charge in [0.15, 0.2) is 0 Å². The molecule has 1 aliphatic rings. The molecule has 0 fully saturated rings. The molecule has 1 aromatic carbocycles. The van der Waals surface area contributed by atoms with Crippen molar-refractivity contribution in [2.75, 3.05) is 13.7 Å². The molecule has 4 rings (SSSR count). The van der Waals surface area contributed by atoms with Gasteiger partial charge in [0, 0.05) is 35.2 Å². The van der Waals surface area contributed by atoms with Crippen molar-refractivity contribution in [2.45, 2.75) is 38.4 Å². The maximum absolute atomic E-state index is 11.8. The van der Waals surface area contributed by atoms with E-state index in [2.05, 4.69) is 28.0 Å². The van der Waals surface area contributed by atoms with E-state index in [-0.39, 0.29) is 11.0 Å². The van der Waals surface area contributed by atoms with Gasteiger partial charge in [0.1, 0.15) is 28.1 Å². The summed E-state index contributed by atoms with van der Waals surface area (Å²) in [4.78, 5) is 24.2. The number of aliphatic imine (C=N–C) groups is 1. The molecule has 1 aliphatic heterocycles. The fraction of sp³-hybridized carbons (Fsp3) is 0.348. The van der Waals surface area contributed by atoms with Gasteiger partial charge in [0.2, 0.25) is 0 Å². The second-order valence-corrected chi connectivity index (χ2v) is 8.48. The molecule has 3 aromatic rings. The minimum Gasteiger partial charge on any atom is -0.494 e. The number of hydrogen-bond acceptors (Lipinski definition) is 6. The Labute approximate surface area is 180 Å². The number of H-pyrrole nitrogens is 1. The van der Waals surface area contributed by atoms with Crippen LogP contribution in [0.3, 0.4) is 0 Å². The molecule has 7 heteroatoms. The maximum atomic E-state index is 11.8. The van der Waals surface area contributed by atoms with Crippen LogP contribution in [-0.4, -0.2) is 39.7 Å². The van der Waals surface area contributed by atoms with Gasteiger partial charge in [-0.2, -0.15) is 0 Å². The van der Waals surface area contributed by atoms with Crippen molar-refractivity contribution in [2.24, 2.45) is 4.99 Å². The summed E-state index contributed by atoms with van der Waals surface area (Å²) < 4.78 is 11.6. The number of thioether (sulfide) groups is 1. The molecule has 3 heterocycles. The van der Waals surface area contributed by atoms with E-state index in [0.29, 0.717) is 36.6 Å². The van der Waals surface area contributed by atoms with E-state index in [1.807, 2.05) is 31.2 Å². The number of hydrogen-bond donors (Lipinski definition) is 1. The first-order chi connectivity index (χ1) is 14.6. The summed E-state index contributed by atoms with van der Waals surface area (Å²) in [7, 11) is 1.64. The first-order valence-electron chi connectivity index (χ1n) is 10.2. The summed E-state index contributed by atoms with van der Waals surface area (Å²) in [6, 6.07) is 9.78. The van der Waals surface area contributed by atoms with Gasteiger partial charge in [0.05, 0.1) is 31.1 Å². The number of nitrogens with zero attached hydrogens (tertiary/aromatic N) is 2. The number of aryl methyl sites for hydroxylation is 1. The number of pyridine rings is 1. The molecule has 2 aromatic heterocycles. The van der Waals surface area contributed by atoms with Gasteiger partial charge in [0.25, 0.3) is 0 Å². The Hall–Kier alpha value is -2.80. The number of carbonyl (C=O) groups excluding carboxylic acids is 1. The molecular formula is C23H25N3O3S. The molecule has 0 bridgehead atoms. The second kappa shape index (κ2) is 8.92. The highest BCUT2D eigenvalue weighted by Gasteiger charge is 2.24. The zero-order valence-electron chi connectivity index (χ0n) is 17.4. The Balaban J connectivity index is 1.57. The second-order valence-electron chi connectivity index (χ2n) is 7.20. The first-order valence-corrected chi connectivity index (χ1v) is 11.0. The van der Waals surface area contributed by atoms with Crippen molar-refractivity contribution < 1.29 is 14.3 Å². The number of ketones is 1. The van der Waals surface area contributed by atoms with Gasteiger partial charge < -0.3 is 14.5 Å². The first kappa shape index (κ1) is 20.5. The van der Waals surface area contributed by atoms with E-state index >= 15 is 0 Å². The molecule has 0 amide bonds. The number of carbonyl (C=O) groups is 1. The minimum atomic E-state index is 0.221. The lowest BCUT2D eigenvalue weighted by Crippen LogP contribution is -2.10. The van der Waals surface area contributed by atoms with Crippen LogP contribution in [0.1, 0.15) is 38.1 Å². The molecule has 156 valence electrons. The topological polar surface area (TPSA) is 76.6 Å². The zero-order chi connectivity index (χ0) is 21.1. The molecular weight excluding hydrogens is 398 g/mol. The summed E-state index contributed by atoms with van der Waals surface area (Å²) in [5, 5.41) is 2.14. The third kappa shape index (κ3) is 4.36. The predicted molar refractivity (Wildman–Crippen MR) is 121 cm³/mol. The van der Waals surface area contributed by atoms with Crippen molar-refractivity contribution >= 4 is 33.5 Å². The molecule has 0 saturated carbocycles. The number of aromatic amines is 1. The number of benzene rings is 1. The summed E-state index contributed by atoms with van der Waals surface area (Å²) in [5.41, 5.74) is 2.86. The van der Waals surface area contributed by atoms with E-state index in [1.54, 1.807) is 25.1 Å². The van der Waals surface area contributed by atoms with Crippen LogP contribution in [0.5, 0.6) is 17.2 Å². The Morgan fingerprint density at radius 1 is 1.23 bits per heavy atom. The number of nitrogens with one attached hydrogen (secondary N) is 1. The van der Waals surface area contributed by atoms with Crippen LogP contribution in [0.25, 0.3) is 10.9 Å². The number of methoxy groups -OCH3 is 1. The van der Waals surface area contributed by atoms with Gasteiger partial charge in [-0.25, -0.2) is 0 Å². The monoisotopic (exact) mass is 423 g/mol. The van der Waals surface area contributed by atoms with Crippen molar-refractivity contribution in [3.8, 4) is 17.2 Å². The number of ether oxygens (including phenoxy) is 2. The Morgan fingerprint density at radius 2 is 2.10 bits per heavy atom. The number of rotatable bonds is 8. The van der Waals surface area contributed by atoms with Crippen molar-refractivity contribution in [1.82, 2.24) is 9.97 Å². The zero-order valence-corrected chi connectivity index (χ0v) is 18.2. The van der Waals surface area contributed by atoms with Crippen LogP contribution in [0, 0.1) is 0 Å². The highest BCUT2D eigenvalue weighted by molar-refractivity contribution is 8.15. The lowest BCUT2D eigenvalue weighted by atomic mass is 10.2. The minimum absolute atomic E-state index is 0.221. The van der Waals surface area contributed by atoms with Crippen LogP contribution < -0.4 is 9.47 Å². The third-order valence-corrected chi connectivity index (χ3v) is 6.30. The van der Waals surface area contributed by atoms with Gasteiger partial charge >= 0.3 is 0 Å². The van der Waals surface area contributed by atoms with Crippen LogP contribution in [0.4, 0.5) is 0 Å². The summed E-state index contributed by atoms with van der Waals surface area (Å²) in [5.74, 6) is 2.35. The third-order valence-electron chi connectivity index (χ3n) is 5.08.